The van der Waals surface area contributed by atoms with Crippen LogP contribution in [-0.2, 0) is 9.59 Å². The van der Waals surface area contributed by atoms with Crippen LogP contribution < -0.4 is 16.0 Å². The molecule has 0 fully saturated rings. The van der Waals surface area contributed by atoms with Gasteiger partial charge in [0.1, 0.15) is 0 Å². The minimum Gasteiger partial charge on any atom is -0.356 e. The number of amides is 2. The number of benzene rings is 3. The quantitative estimate of drug-likeness (QED) is 0.320. The number of hydrogen-bond acceptors (Lipinski definition) is 5. The van der Waals surface area contributed by atoms with Gasteiger partial charge in [-0.3, -0.25) is 9.59 Å². The molecule has 7 heteroatoms. The van der Waals surface area contributed by atoms with E-state index in [9.17, 15) is 9.59 Å². The average molecular weight is 435 g/mol. The van der Waals surface area contributed by atoms with Crippen LogP contribution in [-0.4, -0.2) is 24.2 Å². The number of allylic oxidation sites excluding steroid dienone is 4. The maximum absolute atomic E-state index is 10.5. The molecule has 4 rings (SSSR count). The van der Waals surface area contributed by atoms with Crippen LogP contribution in [0.3, 0.4) is 0 Å². The summed E-state index contributed by atoms with van der Waals surface area (Å²) < 4.78 is 0. The first-order valence-electron chi connectivity index (χ1n) is 10.2. The summed E-state index contributed by atoms with van der Waals surface area (Å²) >= 11 is 0. The molecule has 162 valence electrons. The minimum atomic E-state index is 0.646. The second kappa shape index (κ2) is 10.5. The van der Waals surface area contributed by atoms with E-state index in [-0.39, 0.29) is 0 Å². The fourth-order valence-electron chi connectivity index (χ4n) is 3.10. The third kappa shape index (κ3) is 6.11. The summed E-state index contributed by atoms with van der Waals surface area (Å²) in [6, 6.07) is 22.5. The van der Waals surface area contributed by atoms with Crippen LogP contribution in [0, 0.1) is 0 Å². The molecule has 0 unspecified atom stereocenters. The molecule has 0 saturated heterocycles. The van der Waals surface area contributed by atoms with Gasteiger partial charge in [0, 0.05) is 22.7 Å². The molecule has 0 saturated carbocycles. The van der Waals surface area contributed by atoms with Crippen LogP contribution in [0.2, 0.25) is 0 Å². The van der Waals surface area contributed by atoms with E-state index in [1.54, 1.807) is 12.1 Å². The summed E-state index contributed by atoms with van der Waals surface area (Å²) in [5.74, 6) is 0. The molecule has 33 heavy (non-hydrogen) atoms. The molecule has 0 atom stereocenters. The van der Waals surface area contributed by atoms with E-state index in [4.69, 9.17) is 0 Å². The maximum Gasteiger partial charge on any atom is 0.211 e. The Balaban J connectivity index is 1.37. The van der Waals surface area contributed by atoms with Crippen molar-refractivity contribution in [2.45, 2.75) is 0 Å². The molecule has 3 aromatic carbocycles. The van der Waals surface area contributed by atoms with Crippen molar-refractivity contribution in [1.29, 1.82) is 0 Å². The standard InChI is InChI=1S/C26H21N5O2/c32-17-27-19-1-5-21(6-2-19)29-23-9-13-25(14-10-23)31-26-15-11-24(12-16-26)30-22-7-3-20(4-8-22)28-18-33/h1-18,29H,(H,27,32)(H,28,33). The number of aliphatic imine (C=N–C) groups is 2. The molecule has 0 bridgehead atoms. The molecule has 3 aromatic rings. The lowest BCUT2D eigenvalue weighted by molar-refractivity contribution is -0.106. The van der Waals surface area contributed by atoms with Gasteiger partial charge in [-0.15, -0.1) is 0 Å². The molecule has 1 aliphatic carbocycles. The highest BCUT2D eigenvalue weighted by Crippen LogP contribution is 2.22. The zero-order chi connectivity index (χ0) is 22.9. The van der Waals surface area contributed by atoms with Crippen molar-refractivity contribution in [3.8, 4) is 0 Å². The van der Waals surface area contributed by atoms with Crippen LogP contribution in [0.4, 0.5) is 34.1 Å². The second-order valence-electron chi connectivity index (χ2n) is 7.06. The zero-order valence-corrected chi connectivity index (χ0v) is 17.6. The topological polar surface area (TPSA) is 94.9 Å². The van der Waals surface area contributed by atoms with Crippen molar-refractivity contribution >= 4 is 58.4 Å². The second-order valence-corrected chi connectivity index (χ2v) is 7.06. The smallest absolute Gasteiger partial charge is 0.211 e. The molecule has 0 spiro atoms. The van der Waals surface area contributed by atoms with Crippen LogP contribution in [0.1, 0.15) is 0 Å². The number of carbonyl (C=O) groups excluding carboxylic acids is 2. The van der Waals surface area contributed by atoms with E-state index in [0.29, 0.717) is 12.8 Å². The van der Waals surface area contributed by atoms with Crippen molar-refractivity contribution in [2.24, 2.45) is 9.98 Å². The molecule has 0 radical (unpaired) electrons. The lowest BCUT2D eigenvalue weighted by Crippen LogP contribution is -1.99. The molecule has 0 heterocycles. The number of nitrogens with zero attached hydrogens (tertiary/aromatic N) is 2. The van der Waals surface area contributed by atoms with Gasteiger partial charge in [-0.05, 0) is 97.1 Å². The van der Waals surface area contributed by atoms with Gasteiger partial charge in [-0.2, -0.15) is 0 Å². The Kier molecular flexibility index (Phi) is 6.82. The first-order chi connectivity index (χ1) is 16.2. The van der Waals surface area contributed by atoms with Crippen molar-refractivity contribution in [1.82, 2.24) is 0 Å². The maximum atomic E-state index is 10.5. The van der Waals surface area contributed by atoms with Gasteiger partial charge in [0.15, 0.2) is 0 Å². The summed E-state index contributed by atoms with van der Waals surface area (Å²) in [5, 5.41) is 8.52. The van der Waals surface area contributed by atoms with Crippen LogP contribution in [0.25, 0.3) is 0 Å². The highest BCUT2D eigenvalue weighted by atomic mass is 16.1. The van der Waals surface area contributed by atoms with E-state index in [2.05, 4.69) is 25.9 Å². The largest absolute Gasteiger partial charge is 0.356 e. The fourth-order valence-corrected chi connectivity index (χ4v) is 3.10. The Morgan fingerprint density at radius 1 is 0.485 bits per heavy atom. The third-order valence-corrected chi connectivity index (χ3v) is 4.73. The molecule has 3 N–H and O–H groups in total. The highest BCUT2D eigenvalue weighted by molar-refractivity contribution is 6.19. The van der Waals surface area contributed by atoms with Crippen LogP contribution >= 0.6 is 0 Å². The summed E-state index contributed by atoms with van der Waals surface area (Å²) in [6.07, 6.45) is 8.96. The zero-order valence-electron chi connectivity index (χ0n) is 17.6. The number of nitrogens with one attached hydrogen (secondary N) is 3. The van der Waals surface area contributed by atoms with Crippen molar-refractivity contribution in [2.75, 3.05) is 16.0 Å². The molecule has 1 aliphatic rings. The monoisotopic (exact) mass is 435 g/mol. The van der Waals surface area contributed by atoms with Gasteiger partial charge >= 0.3 is 0 Å². The van der Waals surface area contributed by atoms with Gasteiger partial charge in [-0.1, -0.05) is 0 Å². The normalized spacial score (nSPS) is 12.1. The summed E-state index contributed by atoms with van der Waals surface area (Å²) in [4.78, 5) is 30.2. The van der Waals surface area contributed by atoms with E-state index >= 15 is 0 Å². The van der Waals surface area contributed by atoms with Gasteiger partial charge in [0.25, 0.3) is 0 Å². The van der Waals surface area contributed by atoms with Crippen molar-refractivity contribution in [3.63, 3.8) is 0 Å². The summed E-state index contributed by atoms with van der Waals surface area (Å²) in [7, 11) is 0. The first kappa shape index (κ1) is 21.5. The summed E-state index contributed by atoms with van der Waals surface area (Å²) in [6.45, 7) is 0. The van der Waals surface area contributed by atoms with Crippen LogP contribution in [0.15, 0.2) is 107 Å². The Bertz CT molecular complexity index is 1220. The van der Waals surface area contributed by atoms with E-state index in [1.807, 2.05) is 85.0 Å². The predicted octanol–water partition coefficient (Wildman–Crippen LogP) is 5.54. The molecule has 0 aliphatic heterocycles. The number of rotatable bonds is 8. The van der Waals surface area contributed by atoms with E-state index < -0.39 is 0 Å². The molecular weight excluding hydrogens is 414 g/mol. The Hall–Kier alpha value is -4.78. The molecular formula is C26H21N5O2. The van der Waals surface area contributed by atoms with Gasteiger partial charge in [0.05, 0.1) is 22.8 Å². The number of carbonyl (C=O) groups is 2. The Morgan fingerprint density at radius 2 is 0.818 bits per heavy atom. The van der Waals surface area contributed by atoms with Crippen molar-refractivity contribution < 1.29 is 9.59 Å². The fraction of sp³-hybridized carbons (Fsp3) is 0. The lowest BCUT2D eigenvalue weighted by atomic mass is 10.1. The van der Waals surface area contributed by atoms with Gasteiger partial charge in [-0.25, -0.2) is 9.98 Å². The Morgan fingerprint density at radius 3 is 1.21 bits per heavy atom. The lowest BCUT2D eigenvalue weighted by Gasteiger charge is -2.08. The molecule has 0 aromatic heterocycles. The van der Waals surface area contributed by atoms with Crippen molar-refractivity contribution in [3.05, 3.63) is 97.1 Å². The molecule has 7 nitrogen and oxygen atoms in total. The SMILES string of the molecule is O=CNc1ccc(N=C2C=CC(=Nc3ccc(Nc4ccc(NC=O)cc4)cc3)C=C2)cc1. The minimum absolute atomic E-state index is 0.646. The van der Waals surface area contributed by atoms with E-state index in [0.717, 1.165) is 45.5 Å². The predicted molar refractivity (Wildman–Crippen MR) is 134 cm³/mol. The average Bonchev–Trinajstić information content (AvgIpc) is 2.84. The first-order valence-corrected chi connectivity index (χ1v) is 10.2. The number of anilines is 4. The highest BCUT2D eigenvalue weighted by Gasteiger charge is 2.02. The van der Waals surface area contributed by atoms with Gasteiger partial charge < -0.3 is 16.0 Å². The summed E-state index contributed by atoms with van der Waals surface area (Å²) in [5.41, 5.74) is 6.62. The third-order valence-electron chi connectivity index (χ3n) is 4.73. The van der Waals surface area contributed by atoms with Crippen LogP contribution in [0.5, 0.6) is 0 Å². The molecule has 2 amide bonds. The van der Waals surface area contributed by atoms with Gasteiger partial charge in [0.2, 0.25) is 12.8 Å². The van der Waals surface area contributed by atoms with E-state index in [1.165, 1.54) is 0 Å². The number of hydrogen-bond donors (Lipinski definition) is 3. The Labute approximate surface area is 191 Å².